The van der Waals surface area contributed by atoms with E-state index in [4.69, 9.17) is 10.1 Å². The van der Waals surface area contributed by atoms with Crippen molar-refractivity contribution in [3.63, 3.8) is 0 Å². The van der Waals surface area contributed by atoms with Gasteiger partial charge in [0.05, 0.1) is 24.5 Å². The number of piperazine rings is 1. The van der Waals surface area contributed by atoms with Crippen LogP contribution < -0.4 is 5.32 Å². The maximum atomic E-state index is 14.6. The summed E-state index contributed by atoms with van der Waals surface area (Å²) in [6, 6.07) is 5.53. The standard InChI is InChI=1S/C28H30F4N4O2S/c1-4-22(37)36-16(2)10-35(11-17(36)3)26(33)20-9-21(28(30,31)32)23(18-5-7-19(29)8-6-18)25-24(20)34-12-27(15-39-25)13-38-14-27/h4-9,16-17,33-34H,1,10-15H2,2-3H3/t16-,17+. The van der Waals surface area contributed by atoms with Crippen molar-refractivity contribution in [2.45, 2.75) is 37.0 Å². The van der Waals surface area contributed by atoms with E-state index in [-0.39, 0.29) is 45.9 Å². The molecule has 39 heavy (non-hydrogen) atoms. The summed E-state index contributed by atoms with van der Waals surface area (Å²) in [5.74, 6) is -0.249. The van der Waals surface area contributed by atoms with Crippen molar-refractivity contribution in [1.29, 1.82) is 5.41 Å². The van der Waals surface area contributed by atoms with Crippen molar-refractivity contribution >= 4 is 29.2 Å². The van der Waals surface area contributed by atoms with E-state index in [1.54, 1.807) is 9.80 Å². The van der Waals surface area contributed by atoms with Gasteiger partial charge in [-0.3, -0.25) is 10.2 Å². The Hall–Kier alpha value is -3.05. The molecule has 6 nitrogen and oxygen atoms in total. The van der Waals surface area contributed by atoms with Crippen LogP contribution >= 0.6 is 11.8 Å². The van der Waals surface area contributed by atoms with Gasteiger partial charge in [-0.05, 0) is 43.7 Å². The van der Waals surface area contributed by atoms with E-state index < -0.39 is 17.6 Å². The lowest BCUT2D eigenvalue weighted by Gasteiger charge is -2.45. The number of thioether (sulfide) groups is 1. The number of hydrogen-bond donors (Lipinski definition) is 2. The average molecular weight is 563 g/mol. The second-order valence-electron chi connectivity index (χ2n) is 10.6. The van der Waals surface area contributed by atoms with E-state index in [1.807, 2.05) is 13.8 Å². The van der Waals surface area contributed by atoms with Crippen LogP contribution in [0.15, 0.2) is 47.9 Å². The van der Waals surface area contributed by atoms with Gasteiger partial charge in [-0.2, -0.15) is 13.2 Å². The van der Waals surface area contributed by atoms with Crippen molar-refractivity contribution in [3.05, 3.63) is 59.9 Å². The number of amides is 1. The Morgan fingerprint density at radius 3 is 2.38 bits per heavy atom. The Bertz CT molecular complexity index is 1300. The molecule has 0 aliphatic carbocycles. The SMILES string of the molecule is C=CC(=O)N1[C@H](C)CN(C(=N)c2cc(C(F)(F)F)c(-c3ccc(F)cc3)c3c2NCC2(COC2)CS3)C[C@@H]1C. The highest BCUT2D eigenvalue weighted by Gasteiger charge is 2.44. The fourth-order valence-corrected chi connectivity index (χ4v) is 7.05. The van der Waals surface area contributed by atoms with Crippen LogP contribution in [-0.2, 0) is 15.7 Å². The number of alkyl halides is 3. The maximum Gasteiger partial charge on any atom is 0.417 e. The van der Waals surface area contributed by atoms with Crippen LogP contribution in [0.25, 0.3) is 11.1 Å². The van der Waals surface area contributed by atoms with E-state index >= 15 is 0 Å². The van der Waals surface area contributed by atoms with Gasteiger partial charge in [-0.1, -0.05) is 18.7 Å². The summed E-state index contributed by atoms with van der Waals surface area (Å²) in [4.78, 5) is 16.2. The molecule has 0 unspecified atom stereocenters. The third-order valence-electron chi connectivity index (χ3n) is 7.62. The Labute approximate surface area is 228 Å². The third kappa shape index (κ3) is 5.02. The molecule has 2 saturated heterocycles. The number of anilines is 1. The second kappa shape index (κ2) is 10.2. The van der Waals surface area contributed by atoms with Crippen molar-refractivity contribution in [3.8, 4) is 11.1 Å². The first-order chi connectivity index (χ1) is 18.4. The molecule has 11 heteroatoms. The zero-order valence-corrected chi connectivity index (χ0v) is 22.5. The van der Waals surface area contributed by atoms with Gasteiger partial charge in [0.2, 0.25) is 5.91 Å². The fourth-order valence-electron chi connectivity index (χ4n) is 5.64. The molecule has 2 atom stereocenters. The minimum Gasteiger partial charge on any atom is -0.383 e. The highest BCUT2D eigenvalue weighted by Crippen LogP contribution is 2.51. The topological polar surface area (TPSA) is 68.7 Å². The Morgan fingerprint density at radius 2 is 1.85 bits per heavy atom. The first kappa shape index (κ1) is 27.5. The van der Waals surface area contributed by atoms with Gasteiger partial charge in [-0.15, -0.1) is 11.8 Å². The number of nitrogens with one attached hydrogen (secondary N) is 2. The number of carbonyl (C=O) groups is 1. The van der Waals surface area contributed by atoms with Crippen LogP contribution in [0, 0.1) is 16.6 Å². The highest BCUT2D eigenvalue weighted by molar-refractivity contribution is 7.99. The lowest BCUT2D eigenvalue weighted by Crippen LogP contribution is -2.59. The lowest BCUT2D eigenvalue weighted by molar-refractivity contribution is -0.137. The van der Waals surface area contributed by atoms with Crippen LogP contribution in [-0.4, -0.2) is 72.2 Å². The lowest BCUT2D eigenvalue weighted by atomic mass is 9.88. The quantitative estimate of drug-likeness (QED) is 0.225. The van der Waals surface area contributed by atoms with Crippen LogP contribution in [0.3, 0.4) is 0 Å². The number of halogens is 4. The monoisotopic (exact) mass is 562 g/mol. The zero-order valence-electron chi connectivity index (χ0n) is 21.7. The second-order valence-corrected chi connectivity index (χ2v) is 11.6. The van der Waals surface area contributed by atoms with Gasteiger partial charge in [0, 0.05) is 58.9 Å². The molecule has 1 spiro atoms. The summed E-state index contributed by atoms with van der Waals surface area (Å²) in [6.07, 6.45) is -3.47. The molecule has 0 saturated carbocycles. The molecule has 1 amide bonds. The first-order valence-electron chi connectivity index (χ1n) is 12.7. The van der Waals surface area contributed by atoms with Gasteiger partial charge < -0.3 is 19.9 Å². The van der Waals surface area contributed by atoms with E-state index in [2.05, 4.69) is 11.9 Å². The fraction of sp³-hybridized carbons (Fsp3) is 0.429. The molecule has 0 aromatic heterocycles. The smallest absolute Gasteiger partial charge is 0.383 e. The van der Waals surface area contributed by atoms with E-state index in [0.29, 0.717) is 49.2 Å². The normalized spacial score (nSPS) is 22.4. The van der Waals surface area contributed by atoms with Crippen molar-refractivity contribution in [2.24, 2.45) is 5.41 Å². The molecule has 3 aliphatic rings. The van der Waals surface area contributed by atoms with Gasteiger partial charge in [-0.25, -0.2) is 4.39 Å². The molecule has 2 aromatic rings. The maximum absolute atomic E-state index is 14.6. The van der Waals surface area contributed by atoms with Crippen molar-refractivity contribution in [2.75, 3.05) is 43.9 Å². The molecular formula is C28H30F4N4O2S. The number of amidine groups is 1. The molecule has 3 aliphatic heterocycles. The van der Waals surface area contributed by atoms with Gasteiger partial charge >= 0.3 is 6.18 Å². The molecule has 2 N–H and O–H groups in total. The van der Waals surface area contributed by atoms with Gasteiger partial charge in [0.25, 0.3) is 0 Å². The summed E-state index contributed by atoms with van der Waals surface area (Å²) >= 11 is 1.32. The summed E-state index contributed by atoms with van der Waals surface area (Å²) in [6.45, 7) is 9.35. The first-order valence-corrected chi connectivity index (χ1v) is 13.7. The predicted octanol–water partition coefficient (Wildman–Crippen LogP) is 5.48. The van der Waals surface area contributed by atoms with Gasteiger partial charge in [0.15, 0.2) is 0 Å². The third-order valence-corrected chi connectivity index (χ3v) is 9.07. The molecule has 2 fully saturated rings. The molecule has 3 heterocycles. The molecule has 2 aromatic carbocycles. The zero-order chi connectivity index (χ0) is 28.1. The number of carbonyl (C=O) groups excluding carboxylic acids is 1. The van der Waals surface area contributed by atoms with Crippen LogP contribution in [0.4, 0.5) is 23.2 Å². The minimum absolute atomic E-state index is 0.0213. The average Bonchev–Trinajstić information content (AvgIpc) is 3.07. The highest BCUT2D eigenvalue weighted by atomic mass is 32.2. The Morgan fingerprint density at radius 1 is 1.21 bits per heavy atom. The summed E-state index contributed by atoms with van der Waals surface area (Å²) in [7, 11) is 0. The number of ether oxygens (including phenoxy) is 1. The Balaban J connectivity index is 1.63. The molecule has 5 rings (SSSR count). The summed E-state index contributed by atoms with van der Waals surface area (Å²) in [5, 5.41) is 12.5. The van der Waals surface area contributed by atoms with Crippen LogP contribution in [0.2, 0.25) is 0 Å². The number of fused-ring (bicyclic) bond motifs is 1. The molecular weight excluding hydrogens is 532 g/mol. The van der Waals surface area contributed by atoms with Crippen molar-refractivity contribution in [1.82, 2.24) is 9.80 Å². The predicted molar refractivity (Wildman–Crippen MR) is 144 cm³/mol. The summed E-state index contributed by atoms with van der Waals surface area (Å²) < 4.78 is 63.1. The number of benzene rings is 2. The van der Waals surface area contributed by atoms with Crippen LogP contribution in [0.1, 0.15) is 25.0 Å². The van der Waals surface area contributed by atoms with E-state index in [1.165, 1.54) is 30.0 Å². The largest absolute Gasteiger partial charge is 0.417 e. The number of nitrogens with zero attached hydrogens (tertiary/aromatic N) is 2. The van der Waals surface area contributed by atoms with Crippen molar-refractivity contribution < 1.29 is 27.1 Å². The Kier molecular flexibility index (Phi) is 7.17. The molecule has 208 valence electrons. The van der Waals surface area contributed by atoms with E-state index in [0.717, 1.165) is 18.2 Å². The van der Waals surface area contributed by atoms with E-state index in [9.17, 15) is 22.4 Å². The minimum atomic E-state index is -4.71. The van der Waals surface area contributed by atoms with Crippen LogP contribution in [0.5, 0.6) is 0 Å². The summed E-state index contributed by atoms with van der Waals surface area (Å²) in [5.41, 5.74) is -0.244. The number of rotatable bonds is 3. The molecule has 0 radical (unpaired) electrons. The molecule has 0 bridgehead atoms. The number of hydrogen-bond acceptors (Lipinski definition) is 5. The van der Waals surface area contributed by atoms with Gasteiger partial charge in [0.1, 0.15) is 11.7 Å².